The van der Waals surface area contributed by atoms with Crippen molar-refractivity contribution in [1.82, 2.24) is 0 Å². The van der Waals surface area contributed by atoms with E-state index in [0.29, 0.717) is 0 Å². The van der Waals surface area contributed by atoms with Gasteiger partial charge < -0.3 is 0 Å². The van der Waals surface area contributed by atoms with E-state index in [1.165, 1.54) is 0 Å². The number of aliphatic imine (C=N–C) groups is 1. The van der Waals surface area contributed by atoms with Gasteiger partial charge in [0.25, 0.3) is 0 Å². The van der Waals surface area contributed by atoms with Gasteiger partial charge in [-0.1, -0.05) is 40.8 Å². The van der Waals surface area contributed by atoms with E-state index in [4.69, 9.17) is 5.41 Å². The number of hydrogen-bond acceptors (Lipinski definition) is 1. The Bertz CT molecular complexity index is 272. The SMILES string of the molecule is N=C/N=C1/C=CC=C/C1=C/I. The van der Waals surface area contributed by atoms with Crippen LogP contribution >= 0.6 is 22.6 Å². The number of hydrogen-bond donors (Lipinski definition) is 1. The van der Waals surface area contributed by atoms with E-state index in [9.17, 15) is 0 Å². The number of nitrogens with one attached hydrogen (secondary N) is 1. The van der Waals surface area contributed by atoms with Gasteiger partial charge in [0.1, 0.15) is 6.34 Å². The fourth-order valence-electron chi connectivity index (χ4n) is 0.767. The van der Waals surface area contributed by atoms with Gasteiger partial charge in [0.05, 0.1) is 5.71 Å². The zero-order valence-electron chi connectivity index (χ0n) is 5.79. The molecule has 0 bridgehead atoms. The topological polar surface area (TPSA) is 36.2 Å². The van der Waals surface area contributed by atoms with E-state index in [0.717, 1.165) is 17.6 Å². The molecule has 0 unspecified atom stereocenters. The van der Waals surface area contributed by atoms with Gasteiger partial charge in [0.2, 0.25) is 0 Å². The molecule has 3 heteroatoms. The lowest BCUT2D eigenvalue weighted by atomic mass is 10.1. The van der Waals surface area contributed by atoms with Crippen LogP contribution < -0.4 is 0 Å². The van der Waals surface area contributed by atoms with Crippen LogP contribution in [0, 0.1) is 5.41 Å². The number of rotatable bonds is 1. The molecule has 0 atom stereocenters. The minimum atomic E-state index is 0.844. The molecule has 1 aliphatic rings. The van der Waals surface area contributed by atoms with Crippen molar-refractivity contribution in [2.45, 2.75) is 0 Å². The zero-order chi connectivity index (χ0) is 8.10. The first-order chi connectivity index (χ1) is 5.38. The van der Waals surface area contributed by atoms with Crippen LogP contribution in [-0.2, 0) is 0 Å². The molecule has 0 aliphatic heterocycles. The van der Waals surface area contributed by atoms with Gasteiger partial charge in [-0.2, -0.15) is 0 Å². The molecule has 0 spiro atoms. The summed E-state index contributed by atoms with van der Waals surface area (Å²) in [6.07, 6.45) is 8.77. The highest BCUT2D eigenvalue weighted by Gasteiger charge is 2.00. The Hall–Kier alpha value is -0.710. The van der Waals surface area contributed by atoms with Gasteiger partial charge in [0.15, 0.2) is 0 Å². The maximum atomic E-state index is 6.80. The summed E-state index contributed by atoms with van der Waals surface area (Å²) in [7, 11) is 0. The average Bonchev–Trinajstić information content (AvgIpc) is 2.06. The van der Waals surface area contributed by atoms with E-state index in [1.807, 2.05) is 28.4 Å². The molecule has 0 aromatic heterocycles. The third kappa shape index (κ3) is 2.11. The number of nitrogens with zero attached hydrogens (tertiary/aromatic N) is 1. The molecule has 1 rings (SSSR count). The summed E-state index contributed by atoms with van der Waals surface area (Å²) in [5.41, 5.74) is 1.90. The molecule has 1 N–H and O–H groups in total. The standard InChI is InChI=1S/C8H7IN2/c9-5-7-3-1-2-4-8(7)11-6-10/h1-6,10H/b7-5-,10-6?,11-8-. The predicted molar refractivity (Wildman–Crippen MR) is 56.6 cm³/mol. The van der Waals surface area contributed by atoms with Gasteiger partial charge in [-0.3, -0.25) is 5.41 Å². The summed E-state index contributed by atoms with van der Waals surface area (Å²) in [4.78, 5) is 3.88. The molecule has 0 saturated heterocycles. The smallest absolute Gasteiger partial charge is 0.107 e. The van der Waals surface area contributed by atoms with E-state index in [1.54, 1.807) is 0 Å². The molecule has 0 aromatic carbocycles. The van der Waals surface area contributed by atoms with Crippen molar-refractivity contribution >= 4 is 34.6 Å². The summed E-state index contributed by atoms with van der Waals surface area (Å²) in [6, 6.07) is 0. The molecule has 0 saturated carbocycles. The van der Waals surface area contributed by atoms with Crippen molar-refractivity contribution < 1.29 is 0 Å². The zero-order valence-corrected chi connectivity index (χ0v) is 7.95. The highest BCUT2D eigenvalue weighted by atomic mass is 127. The van der Waals surface area contributed by atoms with Crippen LogP contribution in [0.3, 0.4) is 0 Å². The Morgan fingerprint density at radius 2 is 2.09 bits per heavy atom. The monoisotopic (exact) mass is 258 g/mol. The molecule has 0 heterocycles. The number of halogens is 1. The maximum absolute atomic E-state index is 6.80. The highest BCUT2D eigenvalue weighted by Crippen LogP contribution is 2.09. The van der Waals surface area contributed by atoms with Gasteiger partial charge in [-0.25, -0.2) is 4.99 Å². The van der Waals surface area contributed by atoms with E-state index < -0.39 is 0 Å². The quantitative estimate of drug-likeness (QED) is 0.426. The van der Waals surface area contributed by atoms with Crippen LogP contribution in [0.25, 0.3) is 0 Å². The summed E-state index contributed by atoms with van der Waals surface area (Å²) in [6.45, 7) is 0. The van der Waals surface area contributed by atoms with Gasteiger partial charge in [0, 0.05) is 5.57 Å². The molecule has 56 valence electrons. The largest absolute Gasteiger partial charge is 0.290 e. The highest BCUT2D eigenvalue weighted by molar-refractivity contribution is 14.1. The third-order valence-corrected chi connectivity index (χ3v) is 1.93. The second-order valence-corrected chi connectivity index (χ2v) is 2.55. The van der Waals surface area contributed by atoms with Crippen molar-refractivity contribution in [3.05, 3.63) is 34.0 Å². The normalized spacial score (nSPS) is 23.0. The second-order valence-electron chi connectivity index (χ2n) is 1.93. The molecular formula is C8H7IN2. The second kappa shape index (κ2) is 4.23. The van der Waals surface area contributed by atoms with E-state index in [-0.39, 0.29) is 0 Å². The lowest BCUT2D eigenvalue weighted by molar-refractivity contribution is 1.51. The van der Waals surface area contributed by atoms with Crippen molar-refractivity contribution in [3.8, 4) is 0 Å². The molecule has 2 nitrogen and oxygen atoms in total. The molecule has 1 aliphatic carbocycles. The first-order valence-corrected chi connectivity index (χ1v) is 4.35. The summed E-state index contributed by atoms with van der Waals surface area (Å²) < 4.78 is 1.94. The molecule has 0 aromatic rings. The minimum absolute atomic E-state index is 0.844. The van der Waals surface area contributed by atoms with Crippen LogP contribution in [0.4, 0.5) is 0 Å². The Morgan fingerprint density at radius 3 is 2.73 bits per heavy atom. The fourth-order valence-corrected chi connectivity index (χ4v) is 1.29. The molecule has 11 heavy (non-hydrogen) atoms. The Balaban J connectivity index is 2.97. The van der Waals surface area contributed by atoms with Crippen molar-refractivity contribution in [3.63, 3.8) is 0 Å². The van der Waals surface area contributed by atoms with Crippen LogP contribution in [0.5, 0.6) is 0 Å². The van der Waals surface area contributed by atoms with Crippen molar-refractivity contribution in [2.24, 2.45) is 4.99 Å². The van der Waals surface area contributed by atoms with E-state index >= 15 is 0 Å². The minimum Gasteiger partial charge on any atom is -0.290 e. The summed E-state index contributed by atoms with van der Waals surface area (Å²) in [5, 5.41) is 6.80. The molecule has 0 fully saturated rings. The third-order valence-electron chi connectivity index (χ3n) is 1.26. The Kier molecular flexibility index (Phi) is 3.22. The molecular weight excluding hydrogens is 251 g/mol. The fraction of sp³-hybridized carbons (Fsp3) is 0. The average molecular weight is 258 g/mol. The van der Waals surface area contributed by atoms with Crippen molar-refractivity contribution in [1.29, 1.82) is 5.41 Å². The Labute approximate surface area is 79.1 Å². The van der Waals surface area contributed by atoms with Gasteiger partial charge >= 0.3 is 0 Å². The van der Waals surface area contributed by atoms with Crippen LogP contribution in [0.1, 0.15) is 0 Å². The first kappa shape index (κ1) is 8.39. The predicted octanol–water partition coefficient (Wildman–Crippen LogP) is 2.48. The molecule has 0 radical (unpaired) electrons. The maximum Gasteiger partial charge on any atom is 0.107 e. The van der Waals surface area contributed by atoms with Crippen LogP contribution in [-0.4, -0.2) is 12.1 Å². The van der Waals surface area contributed by atoms with Gasteiger partial charge in [-0.05, 0) is 10.2 Å². The van der Waals surface area contributed by atoms with Crippen molar-refractivity contribution in [2.75, 3.05) is 0 Å². The van der Waals surface area contributed by atoms with Crippen LogP contribution in [0.2, 0.25) is 0 Å². The first-order valence-electron chi connectivity index (χ1n) is 3.10. The summed E-state index contributed by atoms with van der Waals surface area (Å²) >= 11 is 2.16. The van der Waals surface area contributed by atoms with Crippen LogP contribution in [0.15, 0.2) is 39.0 Å². The lowest BCUT2D eigenvalue weighted by Crippen LogP contribution is -1.98. The Morgan fingerprint density at radius 1 is 1.36 bits per heavy atom. The van der Waals surface area contributed by atoms with E-state index in [2.05, 4.69) is 27.6 Å². The van der Waals surface area contributed by atoms with Gasteiger partial charge in [-0.15, -0.1) is 0 Å². The number of allylic oxidation sites excluding steroid dienone is 5. The summed E-state index contributed by atoms with van der Waals surface area (Å²) in [5.74, 6) is 0. The molecule has 0 amide bonds. The lowest BCUT2D eigenvalue weighted by Gasteiger charge is -2.02.